The Hall–Kier alpha value is -2.18. The molecule has 0 unspecified atom stereocenters. The zero-order valence-electron chi connectivity index (χ0n) is 15.2. The molecule has 1 amide bonds. The molecule has 0 spiro atoms. The van der Waals surface area contributed by atoms with Crippen LogP contribution >= 0.6 is 0 Å². The van der Waals surface area contributed by atoms with E-state index in [1.807, 2.05) is 48.9 Å². The summed E-state index contributed by atoms with van der Waals surface area (Å²) in [5.74, 6) is -0.00411. The zero-order chi connectivity index (χ0) is 17.8. The third-order valence-electron chi connectivity index (χ3n) is 4.60. The molecule has 1 fully saturated rings. The number of benzene rings is 1. The average molecular weight is 342 g/mol. The number of nitrogens with one attached hydrogen (secondary N) is 1. The Kier molecular flexibility index (Phi) is 5.50. The summed E-state index contributed by atoms with van der Waals surface area (Å²) in [4.78, 5) is 14.6. The standard InChI is InChI=1S/C19H26N4O2/c1-4-17-12-22(10-11-25-17)13-18(24)20-19-14(2)21-23(15(19)3)16-8-6-5-7-9-16/h5-9,17H,4,10-13H2,1-3H3,(H,20,24)/t17-/m1/s1. The molecule has 134 valence electrons. The van der Waals surface area contributed by atoms with Crippen LogP contribution in [0.3, 0.4) is 0 Å². The van der Waals surface area contributed by atoms with Crippen molar-refractivity contribution in [3.63, 3.8) is 0 Å². The van der Waals surface area contributed by atoms with E-state index in [-0.39, 0.29) is 12.0 Å². The molecule has 1 aromatic carbocycles. The second-order valence-electron chi connectivity index (χ2n) is 6.48. The van der Waals surface area contributed by atoms with E-state index < -0.39 is 0 Å². The van der Waals surface area contributed by atoms with Crippen LogP contribution in [0.2, 0.25) is 0 Å². The van der Waals surface area contributed by atoms with E-state index in [1.54, 1.807) is 0 Å². The molecular weight excluding hydrogens is 316 g/mol. The van der Waals surface area contributed by atoms with E-state index in [9.17, 15) is 4.79 Å². The van der Waals surface area contributed by atoms with Crippen molar-refractivity contribution < 1.29 is 9.53 Å². The van der Waals surface area contributed by atoms with Crippen molar-refractivity contribution in [3.05, 3.63) is 41.7 Å². The Bertz CT molecular complexity index is 727. The number of aryl methyl sites for hydroxylation is 1. The predicted octanol–water partition coefficient (Wildman–Crippen LogP) is 2.54. The summed E-state index contributed by atoms with van der Waals surface area (Å²) in [6, 6.07) is 9.94. The van der Waals surface area contributed by atoms with Crippen molar-refractivity contribution in [1.29, 1.82) is 0 Å². The molecule has 2 aromatic rings. The maximum absolute atomic E-state index is 12.5. The molecule has 1 saturated heterocycles. The van der Waals surface area contributed by atoms with Crippen LogP contribution in [0.1, 0.15) is 24.7 Å². The van der Waals surface area contributed by atoms with Gasteiger partial charge in [0.2, 0.25) is 5.91 Å². The predicted molar refractivity (Wildman–Crippen MR) is 98.1 cm³/mol. The number of rotatable bonds is 5. The molecule has 1 aromatic heterocycles. The lowest BCUT2D eigenvalue weighted by Gasteiger charge is -2.31. The van der Waals surface area contributed by atoms with Gasteiger partial charge in [0.1, 0.15) is 0 Å². The molecule has 1 aliphatic heterocycles. The molecule has 1 N–H and O–H groups in total. The highest BCUT2D eigenvalue weighted by atomic mass is 16.5. The lowest BCUT2D eigenvalue weighted by Crippen LogP contribution is -2.45. The molecule has 1 aliphatic rings. The summed E-state index contributed by atoms with van der Waals surface area (Å²) in [5, 5.41) is 7.62. The van der Waals surface area contributed by atoms with Gasteiger partial charge < -0.3 is 10.1 Å². The Labute approximate surface area is 148 Å². The smallest absolute Gasteiger partial charge is 0.238 e. The van der Waals surface area contributed by atoms with Gasteiger partial charge in [-0.15, -0.1) is 0 Å². The van der Waals surface area contributed by atoms with Crippen LogP contribution in [0.4, 0.5) is 5.69 Å². The minimum absolute atomic E-state index is 0.00411. The van der Waals surface area contributed by atoms with E-state index >= 15 is 0 Å². The number of amides is 1. The van der Waals surface area contributed by atoms with Crippen molar-refractivity contribution in [2.45, 2.75) is 33.3 Å². The van der Waals surface area contributed by atoms with E-state index in [0.29, 0.717) is 13.2 Å². The van der Waals surface area contributed by atoms with Gasteiger partial charge in [-0.1, -0.05) is 25.1 Å². The van der Waals surface area contributed by atoms with Crippen LogP contribution in [-0.2, 0) is 9.53 Å². The third kappa shape index (κ3) is 4.08. The summed E-state index contributed by atoms with van der Waals surface area (Å²) < 4.78 is 7.53. The van der Waals surface area contributed by atoms with Crippen molar-refractivity contribution in [2.75, 3.05) is 31.6 Å². The summed E-state index contributed by atoms with van der Waals surface area (Å²) in [6.07, 6.45) is 1.20. The van der Waals surface area contributed by atoms with Gasteiger partial charge in [-0.3, -0.25) is 9.69 Å². The van der Waals surface area contributed by atoms with Crippen molar-refractivity contribution in [1.82, 2.24) is 14.7 Å². The largest absolute Gasteiger partial charge is 0.376 e. The van der Waals surface area contributed by atoms with Crippen LogP contribution in [0.15, 0.2) is 30.3 Å². The van der Waals surface area contributed by atoms with E-state index in [0.717, 1.165) is 42.3 Å². The molecule has 0 radical (unpaired) electrons. The number of nitrogens with zero attached hydrogens (tertiary/aromatic N) is 3. The molecule has 2 heterocycles. The molecule has 6 heteroatoms. The Morgan fingerprint density at radius 1 is 1.32 bits per heavy atom. The van der Waals surface area contributed by atoms with Gasteiger partial charge in [-0.2, -0.15) is 5.10 Å². The van der Waals surface area contributed by atoms with Crippen molar-refractivity contribution in [2.24, 2.45) is 0 Å². The molecule has 0 saturated carbocycles. The monoisotopic (exact) mass is 342 g/mol. The molecule has 25 heavy (non-hydrogen) atoms. The lowest BCUT2D eigenvalue weighted by molar-refractivity contribution is -0.119. The second-order valence-corrected chi connectivity index (χ2v) is 6.48. The number of ether oxygens (including phenoxy) is 1. The van der Waals surface area contributed by atoms with Gasteiger partial charge in [-0.25, -0.2) is 4.68 Å². The fourth-order valence-electron chi connectivity index (χ4n) is 3.20. The highest BCUT2D eigenvalue weighted by molar-refractivity contribution is 5.93. The number of anilines is 1. The fourth-order valence-corrected chi connectivity index (χ4v) is 3.20. The summed E-state index contributed by atoms with van der Waals surface area (Å²) in [5.41, 5.74) is 3.55. The highest BCUT2D eigenvalue weighted by Gasteiger charge is 2.22. The fraction of sp³-hybridized carbons (Fsp3) is 0.474. The topological polar surface area (TPSA) is 59.4 Å². The van der Waals surface area contributed by atoms with Gasteiger partial charge in [0.05, 0.1) is 42.0 Å². The second kappa shape index (κ2) is 7.80. The number of morpholine rings is 1. The summed E-state index contributed by atoms with van der Waals surface area (Å²) in [6.45, 7) is 8.69. The average Bonchev–Trinajstić information content (AvgIpc) is 2.91. The first kappa shape index (κ1) is 17.6. The maximum atomic E-state index is 12.5. The Morgan fingerprint density at radius 3 is 2.80 bits per heavy atom. The minimum Gasteiger partial charge on any atom is -0.376 e. The third-order valence-corrected chi connectivity index (χ3v) is 4.60. The van der Waals surface area contributed by atoms with E-state index in [1.165, 1.54) is 0 Å². The van der Waals surface area contributed by atoms with Crippen LogP contribution in [0, 0.1) is 13.8 Å². The van der Waals surface area contributed by atoms with E-state index in [4.69, 9.17) is 4.74 Å². The molecule has 3 rings (SSSR count). The molecule has 0 bridgehead atoms. The molecule has 6 nitrogen and oxygen atoms in total. The van der Waals surface area contributed by atoms with Crippen molar-refractivity contribution >= 4 is 11.6 Å². The van der Waals surface area contributed by atoms with Crippen LogP contribution in [0.25, 0.3) is 5.69 Å². The number of hydrogen-bond donors (Lipinski definition) is 1. The van der Waals surface area contributed by atoms with Gasteiger partial charge in [0.25, 0.3) is 0 Å². The minimum atomic E-state index is -0.00411. The molecular formula is C19H26N4O2. The van der Waals surface area contributed by atoms with Crippen LogP contribution in [-0.4, -0.2) is 52.9 Å². The summed E-state index contributed by atoms with van der Waals surface area (Å²) in [7, 11) is 0. The van der Waals surface area contributed by atoms with Crippen LogP contribution in [0.5, 0.6) is 0 Å². The SMILES string of the molecule is CC[C@@H]1CN(CC(=O)Nc2c(C)nn(-c3ccccc3)c2C)CCO1. The maximum Gasteiger partial charge on any atom is 0.238 e. The quantitative estimate of drug-likeness (QED) is 0.907. The first-order chi connectivity index (χ1) is 12.1. The van der Waals surface area contributed by atoms with Crippen molar-refractivity contribution in [3.8, 4) is 5.69 Å². The Balaban J connectivity index is 1.68. The first-order valence-corrected chi connectivity index (χ1v) is 8.84. The number of hydrogen-bond acceptors (Lipinski definition) is 4. The number of para-hydroxylation sites is 1. The first-order valence-electron chi connectivity index (χ1n) is 8.84. The number of carbonyl (C=O) groups excluding carboxylic acids is 1. The van der Waals surface area contributed by atoms with Gasteiger partial charge in [-0.05, 0) is 32.4 Å². The van der Waals surface area contributed by atoms with Crippen LogP contribution < -0.4 is 5.32 Å². The zero-order valence-corrected chi connectivity index (χ0v) is 15.2. The van der Waals surface area contributed by atoms with Gasteiger partial charge >= 0.3 is 0 Å². The number of aromatic nitrogens is 2. The highest BCUT2D eigenvalue weighted by Crippen LogP contribution is 2.22. The number of carbonyl (C=O) groups is 1. The van der Waals surface area contributed by atoms with E-state index in [2.05, 4.69) is 22.2 Å². The normalized spacial score (nSPS) is 18.3. The van der Waals surface area contributed by atoms with Gasteiger partial charge in [0, 0.05) is 13.1 Å². The molecule has 1 atom stereocenters. The molecule has 0 aliphatic carbocycles. The Morgan fingerprint density at radius 2 is 2.08 bits per heavy atom. The van der Waals surface area contributed by atoms with Gasteiger partial charge in [0.15, 0.2) is 0 Å². The lowest BCUT2D eigenvalue weighted by atomic mass is 10.2. The summed E-state index contributed by atoms with van der Waals surface area (Å²) >= 11 is 0.